The highest BCUT2D eigenvalue weighted by molar-refractivity contribution is 5.97. The fraction of sp³-hybridized carbons (Fsp3) is 0.409. The fourth-order valence-electron chi connectivity index (χ4n) is 3.56. The van der Waals surface area contributed by atoms with Crippen molar-refractivity contribution in [3.05, 3.63) is 64.6 Å². The molecule has 1 unspecified atom stereocenters. The number of anilines is 1. The van der Waals surface area contributed by atoms with Gasteiger partial charge < -0.3 is 20.1 Å². The summed E-state index contributed by atoms with van der Waals surface area (Å²) in [7, 11) is 1.73. The van der Waals surface area contributed by atoms with Crippen molar-refractivity contribution in [1.82, 2.24) is 15.2 Å². The lowest BCUT2D eigenvalue weighted by Crippen LogP contribution is -2.44. The van der Waals surface area contributed by atoms with Crippen LogP contribution in [0.15, 0.2) is 58.3 Å². The lowest BCUT2D eigenvalue weighted by Gasteiger charge is -2.19. The quantitative estimate of drug-likeness (QED) is 0.426. The van der Waals surface area contributed by atoms with Crippen LogP contribution in [0.3, 0.4) is 0 Å². The summed E-state index contributed by atoms with van der Waals surface area (Å²) in [6, 6.07) is 15.1. The first-order valence-corrected chi connectivity index (χ1v) is 10.1. The molecule has 1 aliphatic rings. The highest BCUT2D eigenvalue weighted by Crippen LogP contribution is 2.20. The first kappa shape index (κ1) is 20.6. The molecule has 0 spiro atoms. The highest BCUT2D eigenvalue weighted by Gasteiger charge is 2.30. The van der Waals surface area contributed by atoms with Gasteiger partial charge in [0, 0.05) is 50.6 Å². The van der Waals surface area contributed by atoms with Gasteiger partial charge in [0.15, 0.2) is 5.96 Å². The Hall–Kier alpha value is -3.09. The Kier molecular flexibility index (Phi) is 7.05. The van der Waals surface area contributed by atoms with E-state index in [0.717, 1.165) is 30.8 Å². The third-order valence-electron chi connectivity index (χ3n) is 5.13. The van der Waals surface area contributed by atoms with Crippen molar-refractivity contribution >= 4 is 17.6 Å². The summed E-state index contributed by atoms with van der Waals surface area (Å²) >= 11 is 0. The second-order valence-electron chi connectivity index (χ2n) is 7.25. The standard InChI is InChI=1S/C22H29N5O2/c1-17-9-8-12-20(28)26(17)14-7-6-13-24-22(23-2)25-18-15-21(29)27(16-18)19-10-4-3-5-11-19/h3-5,8-12,18H,6-7,13-16H2,1-2H3,(H2,23,24,25). The molecule has 2 aromatic rings. The molecule has 0 bridgehead atoms. The van der Waals surface area contributed by atoms with Crippen LogP contribution in [0.25, 0.3) is 0 Å². The Balaban J connectivity index is 1.42. The lowest BCUT2D eigenvalue weighted by molar-refractivity contribution is -0.117. The van der Waals surface area contributed by atoms with E-state index in [9.17, 15) is 9.59 Å². The van der Waals surface area contributed by atoms with E-state index in [0.29, 0.717) is 25.5 Å². The van der Waals surface area contributed by atoms with Crippen LogP contribution < -0.4 is 21.1 Å². The number of nitrogens with one attached hydrogen (secondary N) is 2. The number of benzene rings is 1. The van der Waals surface area contributed by atoms with Crippen molar-refractivity contribution in [1.29, 1.82) is 0 Å². The van der Waals surface area contributed by atoms with Gasteiger partial charge in [-0.1, -0.05) is 24.3 Å². The molecule has 154 valence electrons. The molecule has 2 N–H and O–H groups in total. The molecule has 7 heteroatoms. The highest BCUT2D eigenvalue weighted by atomic mass is 16.2. The van der Waals surface area contributed by atoms with Crippen LogP contribution >= 0.6 is 0 Å². The van der Waals surface area contributed by atoms with E-state index < -0.39 is 0 Å². The molecule has 1 amide bonds. The minimum absolute atomic E-state index is 0.0273. The number of aliphatic imine (C=N–C) groups is 1. The van der Waals surface area contributed by atoms with E-state index in [1.54, 1.807) is 23.7 Å². The second kappa shape index (κ2) is 9.91. The zero-order chi connectivity index (χ0) is 20.6. The summed E-state index contributed by atoms with van der Waals surface area (Å²) in [5.41, 5.74) is 1.96. The molecule has 1 saturated heterocycles. The third-order valence-corrected chi connectivity index (χ3v) is 5.13. The number of para-hydroxylation sites is 1. The summed E-state index contributed by atoms with van der Waals surface area (Å²) in [4.78, 5) is 30.3. The molecular weight excluding hydrogens is 366 g/mol. The van der Waals surface area contributed by atoms with Gasteiger partial charge in [0.1, 0.15) is 0 Å². The Bertz CT molecular complexity index is 907. The first-order chi connectivity index (χ1) is 14.1. The number of aryl methyl sites for hydroxylation is 1. The van der Waals surface area contributed by atoms with Crippen molar-refractivity contribution < 1.29 is 4.79 Å². The van der Waals surface area contributed by atoms with E-state index in [2.05, 4.69) is 15.6 Å². The molecule has 1 fully saturated rings. The maximum atomic E-state index is 12.3. The Morgan fingerprint density at radius 2 is 1.90 bits per heavy atom. The van der Waals surface area contributed by atoms with Crippen LogP contribution in [0.4, 0.5) is 5.69 Å². The van der Waals surface area contributed by atoms with Crippen LogP contribution in [0.2, 0.25) is 0 Å². The van der Waals surface area contributed by atoms with Gasteiger partial charge >= 0.3 is 0 Å². The second-order valence-corrected chi connectivity index (χ2v) is 7.25. The Labute approximate surface area is 171 Å². The van der Waals surface area contributed by atoms with Crippen molar-refractivity contribution in [3.8, 4) is 0 Å². The minimum atomic E-state index is 0.0273. The van der Waals surface area contributed by atoms with Gasteiger partial charge in [-0.15, -0.1) is 0 Å². The van der Waals surface area contributed by atoms with Crippen LogP contribution in [-0.4, -0.2) is 42.6 Å². The van der Waals surface area contributed by atoms with Gasteiger partial charge in [-0.05, 0) is 38.0 Å². The normalized spacial score (nSPS) is 16.9. The van der Waals surface area contributed by atoms with Crippen LogP contribution in [0.1, 0.15) is 25.0 Å². The van der Waals surface area contributed by atoms with E-state index in [1.807, 2.05) is 48.2 Å². The molecular formula is C22H29N5O2. The molecule has 29 heavy (non-hydrogen) atoms. The average Bonchev–Trinajstić information content (AvgIpc) is 3.09. The molecule has 1 aromatic carbocycles. The summed E-state index contributed by atoms with van der Waals surface area (Å²) in [6.45, 7) is 4.04. The van der Waals surface area contributed by atoms with Gasteiger partial charge in [-0.3, -0.25) is 14.6 Å². The summed E-state index contributed by atoms with van der Waals surface area (Å²) in [5, 5.41) is 6.65. The molecule has 2 heterocycles. The SMILES string of the molecule is CN=C(NCCCCn1c(C)cccc1=O)NC1CC(=O)N(c2ccccc2)C1. The average molecular weight is 396 g/mol. The largest absolute Gasteiger partial charge is 0.356 e. The van der Waals surface area contributed by atoms with Crippen LogP contribution in [0, 0.1) is 6.92 Å². The minimum Gasteiger partial charge on any atom is -0.356 e. The summed E-state index contributed by atoms with van der Waals surface area (Å²) in [5.74, 6) is 0.818. The van der Waals surface area contributed by atoms with E-state index in [1.165, 1.54) is 0 Å². The Morgan fingerprint density at radius 3 is 2.62 bits per heavy atom. The smallest absolute Gasteiger partial charge is 0.250 e. The summed E-state index contributed by atoms with van der Waals surface area (Å²) < 4.78 is 1.80. The number of hydrogen-bond donors (Lipinski definition) is 2. The maximum Gasteiger partial charge on any atom is 0.250 e. The number of unbranched alkanes of at least 4 members (excludes halogenated alkanes) is 1. The van der Waals surface area contributed by atoms with Crippen LogP contribution in [0.5, 0.6) is 0 Å². The van der Waals surface area contributed by atoms with Gasteiger partial charge in [0.2, 0.25) is 5.91 Å². The van der Waals surface area contributed by atoms with Gasteiger partial charge in [-0.2, -0.15) is 0 Å². The number of guanidine groups is 1. The lowest BCUT2D eigenvalue weighted by atomic mass is 10.2. The van der Waals surface area contributed by atoms with Crippen molar-refractivity contribution in [2.24, 2.45) is 4.99 Å². The number of pyridine rings is 1. The van der Waals surface area contributed by atoms with Gasteiger partial charge in [0.25, 0.3) is 5.56 Å². The van der Waals surface area contributed by atoms with E-state index in [-0.39, 0.29) is 17.5 Å². The van der Waals surface area contributed by atoms with Crippen LogP contribution in [-0.2, 0) is 11.3 Å². The zero-order valence-electron chi connectivity index (χ0n) is 17.1. The molecule has 1 aliphatic heterocycles. The Morgan fingerprint density at radius 1 is 1.10 bits per heavy atom. The number of carbonyl (C=O) groups is 1. The molecule has 0 saturated carbocycles. The molecule has 3 rings (SSSR count). The molecule has 0 aliphatic carbocycles. The predicted octanol–water partition coefficient (Wildman–Crippen LogP) is 1.91. The van der Waals surface area contributed by atoms with Crippen molar-refractivity contribution in [2.75, 3.05) is 25.0 Å². The van der Waals surface area contributed by atoms with E-state index in [4.69, 9.17) is 0 Å². The number of rotatable bonds is 7. The summed E-state index contributed by atoms with van der Waals surface area (Å²) in [6.07, 6.45) is 2.27. The maximum absolute atomic E-state index is 12.3. The molecule has 1 aromatic heterocycles. The first-order valence-electron chi connectivity index (χ1n) is 10.1. The van der Waals surface area contributed by atoms with Gasteiger partial charge in [-0.25, -0.2) is 0 Å². The number of carbonyl (C=O) groups excluding carboxylic acids is 1. The number of hydrogen-bond acceptors (Lipinski definition) is 3. The molecule has 1 atom stereocenters. The number of amides is 1. The molecule has 7 nitrogen and oxygen atoms in total. The third kappa shape index (κ3) is 5.47. The van der Waals surface area contributed by atoms with Crippen molar-refractivity contribution in [3.63, 3.8) is 0 Å². The zero-order valence-corrected chi connectivity index (χ0v) is 17.1. The molecule has 0 radical (unpaired) electrons. The monoisotopic (exact) mass is 395 g/mol. The number of nitrogens with zero attached hydrogens (tertiary/aromatic N) is 3. The number of aromatic nitrogens is 1. The van der Waals surface area contributed by atoms with Crippen molar-refractivity contribution in [2.45, 2.75) is 38.8 Å². The fourth-order valence-corrected chi connectivity index (χ4v) is 3.56. The van der Waals surface area contributed by atoms with E-state index >= 15 is 0 Å². The van der Waals surface area contributed by atoms with Gasteiger partial charge in [0.05, 0.1) is 6.04 Å². The predicted molar refractivity (Wildman–Crippen MR) is 116 cm³/mol. The topological polar surface area (TPSA) is 78.7 Å².